The zero-order valence-electron chi connectivity index (χ0n) is 11.3. The predicted octanol–water partition coefficient (Wildman–Crippen LogP) is 2.90. The second-order valence-electron chi connectivity index (χ2n) is 4.41. The van der Waals surface area contributed by atoms with Gasteiger partial charge in [-0.05, 0) is 35.4 Å². The van der Waals surface area contributed by atoms with Crippen molar-refractivity contribution < 1.29 is 24.9 Å². The van der Waals surface area contributed by atoms with Gasteiger partial charge in [0.15, 0.2) is 11.5 Å². The third-order valence-corrected chi connectivity index (χ3v) is 2.68. The molecule has 0 saturated heterocycles. The fourth-order valence-corrected chi connectivity index (χ4v) is 1.74. The van der Waals surface area contributed by atoms with Crippen LogP contribution in [0.5, 0.6) is 23.0 Å². The van der Waals surface area contributed by atoms with Gasteiger partial charge in [0.1, 0.15) is 5.75 Å². The van der Waals surface area contributed by atoms with E-state index in [0.29, 0.717) is 5.56 Å². The lowest BCUT2D eigenvalue weighted by molar-refractivity contribution is -0.132. The van der Waals surface area contributed by atoms with Crippen LogP contribution < -0.4 is 4.74 Å². The van der Waals surface area contributed by atoms with Crippen molar-refractivity contribution in [1.29, 1.82) is 0 Å². The van der Waals surface area contributed by atoms with E-state index in [9.17, 15) is 20.1 Å². The maximum atomic E-state index is 10.9. The lowest BCUT2D eigenvalue weighted by atomic mass is 10.1. The second-order valence-corrected chi connectivity index (χ2v) is 4.41. The van der Waals surface area contributed by atoms with Crippen LogP contribution in [0.4, 0.5) is 0 Å². The molecule has 108 valence electrons. The first-order chi connectivity index (χ1) is 9.95. The van der Waals surface area contributed by atoms with E-state index in [2.05, 4.69) is 0 Å². The van der Waals surface area contributed by atoms with Crippen LogP contribution in [-0.4, -0.2) is 21.3 Å². The van der Waals surface area contributed by atoms with Gasteiger partial charge in [-0.3, -0.25) is 4.79 Å². The summed E-state index contributed by atoms with van der Waals surface area (Å²) in [6.07, 6.45) is 3.42. The molecular formula is C16H14O5. The highest BCUT2D eigenvalue weighted by atomic mass is 16.5. The molecule has 0 spiro atoms. The Balaban J connectivity index is 2.25. The van der Waals surface area contributed by atoms with E-state index in [1.165, 1.54) is 19.1 Å². The predicted molar refractivity (Wildman–Crippen MR) is 78.1 cm³/mol. The molecule has 5 heteroatoms. The zero-order chi connectivity index (χ0) is 15.4. The third-order valence-electron chi connectivity index (χ3n) is 2.68. The van der Waals surface area contributed by atoms with E-state index in [-0.39, 0.29) is 23.0 Å². The van der Waals surface area contributed by atoms with Gasteiger partial charge in [0.25, 0.3) is 0 Å². The number of esters is 1. The number of carbonyl (C=O) groups excluding carboxylic acids is 1. The first-order valence-electron chi connectivity index (χ1n) is 6.17. The van der Waals surface area contributed by atoms with E-state index >= 15 is 0 Å². The van der Waals surface area contributed by atoms with Crippen molar-refractivity contribution in [3.05, 3.63) is 47.5 Å². The molecule has 2 rings (SSSR count). The van der Waals surface area contributed by atoms with Crippen LogP contribution >= 0.6 is 0 Å². The standard InChI is InChI=1S/C16H14O5/c1-10(17)21-16-14(19)8-12(9-15(16)20)3-2-11-4-6-13(18)7-5-11/h2-9,18-20H,1H3. The molecule has 0 aromatic heterocycles. The molecule has 2 aromatic rings. The van der Waals surface area contributed by atoms with Gasteiger partial charge in [-0.1, -0.05) is 24.3 Å². The average molecular weight is 286 g/mol. The minimum Gasteiger partial charge on any atom is -0.508 e. The van der Waals surface area contributed by atoms with Crippen molar-refractivity contribution in [3.63, 3.8) is 0 Å². The highest BCUT2D eigenvalue weighted by Crippen LogP contribution is 2.37. The maximum absolute atomic E-state index is 10.9. The van der Waals surface area contributed by atoms with Crippen molar-refractivity contribution in [1.82, 2.24) is 0 Å². The topological polar surface area (TPSA) is 87.0 Å². The number of rotatable bonds is 3. The number of phenols is 3. The summed E-state index contributed by atoms with van der Waals surface area (Å²) in [6.45, 7) is 1.18. The number of aromatic hydroxyl groups is 3. The van der Waals surface area contributed by atoms with Gasteiger partial charge >= 0.3 is 5.97 Å². The van der Waals surface area contributed by atoms with Crippen LogP contribution in [0.3, 0.4) is 0 Å². The molecule has 0 atom stereocenters. The van der Waals surface area contributed by atoms with E-state index in [0.717, 1.165) is 5.56 Å². The largest absolute Gasteiger partial charge is 0.508 e. The molecule has 0 fully saturated rings. The van der Waals surface area contributed by atoms with E-state index in [1.54, 1.807) is 36.4 Å². The summed E-state index contributed by atoms with van der Waals surface area (Å²) in [5.41, 5.74) is 1.38. The Hall–Kier alpha value is -2.95. The summed E-state index contributed by atoms with van der Waals surface area (Å²) in [4.78, 5) is 10.9. The minimum atomic E-state index is -0.631. The van der Waals surface area contributed by atoms with Gasteiger partial charge < -0.3 is 20.1 Å². The number of ether oxygens (including phenoxy) is 1. The quantitative estimate of drug-likeness (QED) is 0.459. The van der Waals surface area contributed by atoms with Crippen LogP contribution in [0.25, 0.3) is 12.2 Å². The number of hydrogen-bond acceptors (Lipinski definition) is 5. The van der Waals surface area contributed by atoms with Crippen molar-refractivity contribution >= 4 is 18.1 Å². The number of phenolic OH excluding ortho intramolecular Hbond substituents is 3. The lowest BCUT2D eigenvalue weighted by Gasteiger charge is -2.07. The van der Waals surface area contributed by atoms with Gasteiger partial charge in [-0.25, -0.2) is 0 Å². The van der Waals surface area contributed by atoms with Gasteiger partial charge in [-0.15, -0.1) is 0 Å². The maximum Gasteiger partial charge on any atom is 0.308 e. The first-order valence-corrected chi connectivity index (χ1v) is 6.17. The molecule has 0 bridgehead atoms. The van der Waals surface area contributed by atoms with Gasteiger partial charge in [-0.2, -0.15) is 0 Å². The van der Waals surface area contributed by atoms with Gasteiger partial charge in [0, 0.05) is 6.92 Å². The highest BCUT2D eigenvalue weighted by Gasteiger charge is 2.12. The molecule has 0 unspecified atom stereocenters. The van der Waals surface area contributed by atoms with Gasteiger partial charge in [0.2, 0.25) is 5.75 Å². The Labute approximate surface area is 121 Å². The molecule has 2 aromatic carbocycles. The molecule has 5 nitrogen and oxygen atoms in total. The van der Waals surface area contributed by atoms with Crippen molar-refractivity contribution in [2.75, 3.05) is 0 Å². The molecule has 0 amide bonds. The molecule has 21 heavy (non-hydrogen) atoms. The van der Waals surface area contributed by atoms with E-state index in [1.807, 2.05) is 0 Å². The Morgan fingerprint density at radius 3 is 2.00 bits per heavy atom. The summed E-state index contributed by atoms with van der Waals surface area (Å²) in [6, 6.07) is 9.29. The summed E-state index contributed by atoms with van der Waals surface area (Å²) in [7, 11) is 0. The number of hydrogen-bond donors (Lipinski definition) is 3. The SMILES string of the molecule is CC(=O)Oc1c(O)cc(C=Cc2ccc(O)cc2)cc1O. The summed E-state index contributed by atoms with van der Waals surface area (Å²) >= 11 is 0. The number of benzene rings is 2. The Bertz CT molecular complexity index is 663. The van der Waals surface area contributed by atoms with Crippen molar-refractivity contribution in [2.45, 2.75) is 6.92 Å². The Morgan fingerprint density at radius 2 is 1.48 bits per heavy atom. The summed E-state index contributed by atoms with van der Waals surface area (Å²) in [5.74, 6) is -1.36. The average Bonchev–Trinajstić information content (AvgIpc) is 2.42. The minimum absolute atomic E-state index is 0.174. The zero-order valence-corrected chi connectivity index (χ0v) is 11.3. The van der Waals surface area contributed by atoms with E-state index in [4.69, 9.17) is 4.74 Å². The Kier molecular flexibility index (Phi) is 4.13. The van der Waals surface area contributed by atoms with Crippen LogP contribution in [0.2, 0.25) is 0 Å². The fraction of sp³-hybridized carbons (Fsp3) is 0.0625. The molecule has 0 heterocycles. The summed E-state index contributed by atoms with van der Waals surface area (Å²) in [5, 5.41) is 28.7. The molecule has 0 saturated carbocycles. The fourth-order valence-electron chi connectivity index (χ4n) is 1.74. The smallest absolute Gasteiger partial charge is 0.308 e. The molecule has 0 aliphatic carbocycles. The Morgan fingerprint density at radius 1 is 0.952 bits per heavy atom. The summed E-state index contributed by atoms with van der Waals surface area (Å²) < 4.78 is 4.72. The van der Waals surface area contributed by atoms with Crippen LogP contribution in [0.15, 0.2) is 36.4 Å². The molecule has 0 aliphatic heterocycles. The monoisotopic (exact) mass is 286 g/mol. The van der Waals surface area contributed by atoms with Crippen LogP contribution in [0.1, 0.15) is 18.1 Å². The van der Waals surface area contributed by atoms with Crippen molar-refractivity contribution in [3.8, 4) is 23.0 Å². The molecule has 3 N–H and O–H groups in total. The van der Waals surface area contributed by atoms with Crippen LogP contribution in [0, 0.1) is 0 Å². The van der Waals surface area contributed by atoms with E-state index < -0.39 is 5.97 Å². The lowest BCUT2D eigenvalue weighted by Crippen LogP contribution is -2.01. The highest BCUT2D eigenvalue weighted by molar-refractivity contribution is 5.75. The third kappa shape index (κ3) is 3.76. The number of carbonyl (C=O) groups is 1. The van der Waals surface area contributed by atoms with Gasteiger partial charge in [0.05, 0.1) is 0 Å². The van der Waals surface area contributed by atoms with Crippen molar-refractivity contribution in [2.24, 2.45) is 0 Å². The second kappa shape index (κ2) is 6.00. The molecule has 0 aliphatic rings. The first kappa shape index (κ1) is 14.5. The molecular weight excluding hydrogens is 272 g/mol. The normalized spacial score (nSPS) is 10.7. The molecule has 0 radical (unpaired) electrons. The van der Waals surface area contributed by atoms with Crippen LogP contribution in [-0.2, 0) is 4.79 Å².